The van der Waals surface area contributed by atoms with Gasteiger partial charge in [0.15, 0.2) is 0 Å². The van der Waals surface area contributed by atoms with Crippen molar-refractivity contribution in [2.75, 3.05) is 12.8 Å². The molecule has 0 radical (unpaired) electrons. The first-order valence-corrected chi connectivity index (χ1v) is 6.93. The van der Waals surface area contributed by atoms with Crippen LogP contribution in [-0.2, 0) is 9.09 Å². The van der Waals surface area contributed by atoms with Crippen LogP contribution in [0.4, 0.5) is 0 Å². The number of hydrogen-bond acceptors (Lipinski definition) is 2. The highest BCUT2D eigenvalue weighted by atomic mass is 31.2. The Labute approximate surface area is 81.8 Å². The van der Waals surface area contributed by atoms with Gasteiger partial charge >= 0.3 is 0 Å². The van der Waals surface area contributed by atoms with Crippen molar-refractivity contribution < 1.29 is 9.09 Å². The molecule has 78 valence electrons. The molecule has 0 saturated heterocycles. The standard InChI is InChI=1S/C10H21O2P/c1-4-7-9-12-13(11,6-3)10-8-5-2/h6H,3-5,7-10H2,1-2H3. The van der Waals surface area contributed by atoms with Gasteiger partial charge in [0.1, 0.15) is 0 Å². The van der Waals surface area contributed by atoms with E-state index in [-0.39, 0.29) is 0 Å². The molecule has 13 heavy (non-hydrogen) atoms. The van der Waals surface area contributed by atoms with E-state index in [1.54, 1.807) is 0 Å². The van der Waals surface area contributed by atoms with Gasteiger partial charge in [-0.2, -0.15) is 0 Å². The summed E-state index contributed by atoms with van der Waals surface area (Å²) in [6.45, 7) is 8.35. The zero-order valence-corrected chi connectivity index (χ0v) is 9.69. The quantitative estimate of drug-likeness (QED) is 0.441. The SMILES string of the molecule is C=CP(=O)(CCCC)OCCCC. The van der Waals surface area contributed by atoms with E-state index in [2.05, 4.69) is 20.4 Å². The van der Waals surface area contributed by atoms with Crippen molar-refractivity contribution in [2.45, 2.75) is 39.5 Å². The second kappa shape index (κ2) is 7.34. The molecule has 0 aliphatic carbocycles. The molecule has 0 aliphatic rings. The van der Waals surface area contributed by atoms with Crippen LogP contribution in [0, 0.1) is 0 Å². The Morgan fingerprint density at radius 3 is 2.38 bits per heavy atom. The van der Waals surface area contributed by atoms with E-state index in [4.69, 9.17) is 4.52 Å². The molecule has 0 saturated carbocycles. The molecule has 2 nitrogen and oxygen atoms in total. The predicted molar refractivity (Wildman–Crippen MR) is 58.4 cm³/mol. The Balaban J connectivity index is 3.82. The Bertz CT molecular complexity index is 178. The van der Waals surface area contributed by atoms with E-state index in [1.807, 2.05) is 0 Å². The third kappa shape index (κ3) is 6.06. The molecule has 0 aromatic carbocycles. The second-order valence-electron chi connectivity index (χ2n) is 3.17. The minimum absolute atomic E-state index is 0.601. The molecule has 1 atom stereocenters. The van der Waals surface area contributed by atoms with Crippen LogP contribution in [0.15, 0.2) is 12.4 Å². The fourth-order valence-corrected chi connectivity index (χ4v) is 2.56. The van der Waals surface area contributed by atoms with E-state index in [9.17, 15) is 4.57 Å². The topological polar surface area (TPSA) is 26.3 Å². The minimum Gasteiger partial charge on any atom is -0.326 e. The molecule has 0 bridgehead atoms. The summed E-state index contributed by atoms with van der Waals surface area (Å²) >= 11 is 0. The predicted octanol–water partition coefficient (Wildman–Crippen LogP) is 4.02. The van der Waals surface area contributed by atoms with Crippen LogP contribution in [0.25, 0.3) is 0 Å². The largest absolute Gasteiger partial charge is 0.326 e. The van der Waals surface area contributed by atoms with Crippen molar-refractivity contribution >= 4 is 7.37 Å². The van der Waals surface area contributed by atoms with Gasteiger partial charge < -0.3 is 4.52 Å². The fraction of sp³-hybridized carbons (Fsp3) is 0.800. The second-order valence-corrected chi connectivity index (χ2v) is 5.70. The summed E-state index contributed by atoms with van der Waals surface area (Å²) in [7, 11) is -2.48. The van der Waals surface area contributed by atoms with Crippen LogP contribution in [0.5, 0.6) is 0 Å². The first-order valence-electron chi connectivity index (χ1n) is 5.05. The van der Waals surface area contributed by atoms with Gasteiger partial charge in [0.2, 0.25) is 7.37 Å². The summed E-state index contributed by atoms with van der Waals surface area (Å²) in [5.41, 5.74) is 0. The van der Waals surface area contributed by atoms with E-state index < -0.39 is 7.37 Å². The third-order valence-corrected chi connectivity index (χ3v) is 4.02. The first kappa shape index (κ1) is 12.9. The van der Waals surface area contributed by atoms with Crippen molar-refractivity contribution in [3.05, 3.63) is 12.4 Å². The van der Waals surface area contributed by atoms with E-state index >= 15 is 0 Å². The summed E-state index contributed by atoms with van der Waals surface area (Å²) in [5.74, 6) is 1.50. The summed E-state index contributed by atoms with van der Waals surface area (Å²) in [6.07, 6.45) is 4.70. The van der Waals surface area contributed by atoms with Crippen molar-refractivity contribution in [1.82, 2.24) is 0 Å². The van der Waals surface area contributed by atoms with Crippen LogP contribution in [0.1, 0.15) is 39.5 Å². The van der Waals surface area contributed by atoms with Crippen LogP contribution in [-0.4, -0.2) is 12.8 Å². The number of rotatable bonds is 8. The lowest BCUT2D eigenvalue weighted by Gasteiger charge is -2.13. The molecule has 0 rings (SSSR count). The average Bonchev–Trinajstić information content (AvgIpc) is 2.15. The van der Waals surface area contributed by atoms with Gasteiger partial charge in [0, 0.05) is 6.16 Å². The molecular formula is C10H21O2P. The summed E-state index contributed by atoms with van der Waals surface area (Å²) in [6, 6.07) is 0. The molecule has 0 aromatic heterocycles. The lowest BCUT2D eigenvalue weighted by atomic mass is 10.4. The molecule has 1 unspecified atom stereocenters. The van der Waals surface area contributed by atoms with Crippen LogP contribution < -0.4 is 0 Å². The summed E-state index contributed by atoms with van der Waals surface area (Å²) < 4.78 is 17.2. The third-order valence-electron chi connectivity index (χ3n) is 1.91. The molecule has 0 fully saturated rings. The Kier molecular flexibility index (Phi) is 7.31. The maximum Gasteiger partial charge on any atom is 0.224 e. The van der Waals surface area contributed by atoms with Gasteiger partial charge in [0.25, 0.3) is 0 Å². The molecule has 3 heteroatoms. The van der Waals surface area contributed by atoms with Gasteiger partial charge in [-0.15, -0.1) is 0 Å². The minimum atomic E-state index is -2.48. The van der Waals surface area contributed by atoms with Crippen molar-refractivity contribution in [2.24, 2.45) is 0 Å². The molecular weight excluding hydrogens is 183 g/mol. The molecule has 0 aromatic rings. The molecule has 0 heterocycles. The van der Waals surface area contributed by atoms with Gasteiger partial charge in [-0.1, -0.05) is 33.3 Å². The normalized spacial score (nSPS) is 15.2. The maximum absolute atomic E-state index is 11.9. The van der Waals surface area contributed by atoms with E-state index in [0.717, 1.165) is 25.7 Å². The zero-order valence-electron chi connectivity index (χ0n) is 8.79. The van der Waals surface area contributed by atoms with E-state index in [0.29, 0.717) is 12.8 Å². The summed E-state index contributed by atoms with van der Waals surface area (Å²) in [5, 5.41) is 0. The van der Waals surface area contributed by atoms with Crippen LogP contribution >= 0.6 is 7.37 Å². The van der Waals surface area contributed by atoms with E-state index in [1.165, 1.54) is 5.82 Å². The lowest BCUT2D eigenvalue weighted by Crippen LogP contribution is -1.95. The smallest absolute Gasteiger partial charge is 0.224 e. The molecule has 0 N–H and O–H groups in total. The maximum atomic E-state index is 11.9. The van der Waals surface area contributed by atoms with Crippen molar-refractivity contribution in [3.8, 4) is 0 Å². The zero-order chi connectivity index (χ0) is 10.2. The number of hydrogen-bond donors (Lipinski definition) is 0. The monoisotopic (exact) mass is 204 g/mol. The highest BCUT2D eigenvalue weighted by Crippen LogP contribution is 2.48. The lowest BCUT2D eigenvalue weighted by molar-refractivity contribution is 0.311. The first-order chi connectivity index (χ1) is 6.18. The van der Waals surface area contributed by atoms with Gasteiger partial charge in [-0.25, -0.2) is 0 Å². The van der Waals surface area contributed by atoms with Crippen LogP contribution in [0.3, 0.4) is 0 Å². The Hall–Kier alpha value is -0.0700. The molecule has 0 aliphatic heterocycles. The Morgan fingerprint density at radius 1 is 1.31 bits per heavy atom. The highest BCUT2D eigenvalue weighted by molar-refractivity contribution is 7.62. The number of unbranched alkanes of at least 4 members (excludes halogenated alkanes) is 2. The summed E-state index contributed by atoms with van der Waals surface area (Å²) in [4.78, 5) is 0. The average molecular weight is 204 g/mol. The van der Waals surface area contributed by atoms with Gasteiger partial charge in [-0.3, -0.25) is 4.57 Å². The van der Waals surface area contributed by atoms with Crippen molar-refractivity contribution in [3.63, 3.8) is 0 Å². The Morgan fingerprint density at radius 2 is 1.92 bits per heavy atom. The molecule has 0 spiro atoms. The van der Waals surface area contributed by atoms with Gasteiger partial charge in [-0.05, 0) is 18.7 Å². The fourth-order valence-electron chi connectivity index (χ4n) is 0.950. The van der Waals surface area contributed by atoms with Crippen molar-refractivity contribution in [1.29, 1.82) is 0 Å². The van der Waals surface area contributed by atoms with Gasteiger partial charge in [0.05, 0.1) is 6.61 Å². The highest BCUT2D eigenvalue weighted by Gasteiger charge is 2.16. The van der Waals surface area contributed by atoms with Crippen LogP contribution in [0.2, 0.25) is 0 Å². The molecule has 0 amide bonds.